The van der Waals surface area contributed by atoms with Crippen LogP contribution < -0.4 is 5.56 Å². The van der Waals surface area contributed by atoms with E-state index in [1.54, 1.807) is 10.7 Å². The van der Waals surface area contributed by atoms with Gasteiger partial charge in [-0.2, -0.15) is 5.10 Å². The maximum absolute atomic E-state index is 12.1. The minimum Gasteiger partial charge on any atom is -0.389 e. The summed E-state index contributed by atoms with van der Waals surface area (Å²) in [5.74, 6) is 1.11. The van der Waals surface area contributed by atoms with Gasteiger partial charge in [-0.05, 0) is 63.6 Å². The summed E-state index contributed by atoms with van der Waals surface area (Å²) in [5.41, 5.74) is 0.669. The monoisotopic (exact) mass is 345 g/mol. The van der Waals surface area contributed by atoms with E-state index < -0.39 is 5.60 Å². The third-order valence-electron chi connectivity index (χ3n) is 6.32. The van der Waals surface area contributed by atoms with Crippen molar-refractivity contribution in [2.24, 2.45) is 5.92 Å². The van der Waals surface area contributed by atoms with Gasteiger partial charge < -0.3 is 10.0 Å². The van der Waals surface area contributed by atoms with Crippen LogP contribution in [-0.4, -0.2) is 45.0 Å². The fraction of sp³-hybridized carbons (Fsp3) is 0.800. The van der Waals surface area contributed by atoms with E-state index in [0.717, 1.165) is 57.6 Å². The summed E-state index contributed by atoms with van der Waals surface area (Å²) in [5, 5.41) is 15.4. The van der Waals surface area contributed by atoms with Crippen LogP contribution >= 0.6 is 0 Å². The standard InChI is InChI=1S/C20H31N3O2/c24-19-7-6-18(17-4-5-17)21-23(19)14-16-8-12-22(13-9-16)15-20(25)10-2-1-3-11-20/h6-7,16-17,25H,1-5,8-15H2. The molecule has 0 amide bonds. The summed E-state index contributed by atoms with van der Waals surface area (Å²) < 4.78 is 1.70. The van der Waals surface area contributed by atoms with Crippen LogP contribution in [0.1, 0.15) is 69.4 Å². The SMILES string of the molecule is O=c1ccc(C2CC2)nn1CC1CCN(CC2(O)CCCCC2)CC1. The molecule has 1 aliphatic heterocycles. The largest absolute Gasteiger partial charge is 0.389 e. The molecule has 3 fully saturated rings. The fourth-order valence-corrected chi connectivity index (χ4v) is 4.55. The average Bonchev–Trinajstić information content (AvgIpc) is 3.44. The molecule has 25 heavy (non-hydrogen) atoms. The number of β-amino-alcohol motifs (C(OH)–C–C–N with tert-alkyl or cyclic N) is 1. The predicted octanol–water partition coefficient (Wildman–Crippen LogP) is 2.53. The number of rotatable bonds is 5. The molecule has 5 heteroatoms. The highest BCUT2D eigenvalue weighted by atomic mass is 16.3. The van der Waals surface area contributed by atoms with Gasteiger partial charge in [-0.3, -0.25) is 4.79 Å². The van der Waals surface area contributed by atoms with E-state index in [2.05, 4.69) is 10.00 Å². The molecule has 4 rings (SSSR count). The van der Waals surface area contributed by atoms with Gasteiger partial charge in [-0.15, -0.1) is 0 Å². The third-order valence-corrected chi connectivity index (χ3v) is 6.32. The Bertz CT molecular complexity index is 639. The van der Waals surface area contributed by atoms with Crippen molar-refractivity contribution >= 4 is 0 Å². The molecule has 138 valence electrons. The molecule has 1 saturated heterocycles. The Labute approximate surface area is 150 Å². The predicted molar refractivity (Wildman–Crippen MR) is 97.7 cm³/mol. The molecule has 3 aliphatic rings. The first-order chi connectivity index (χ1) is 12.1. The minimum atomic E-state index is -0.456. The summed E-state index contributed by atoms with van der Waals surface area (Å²) >= 11 is 0. The third kappa shape index (κ3) is 4.32. The fourth-order valence-electron chi connectivity index (χ4n) is 4.55. The van der Waals surface area contributed by atoms with Crippen LogP contribution in [0.25, 0.3) is 0 Å². The van der Waals surface area contributed by atoms with Crippen molar-refractivity contribution < 1.29 is 5.11 Å². The zero-order chi connectivity index (χ0) is 17.3. The van der Waals surface area contributed by atoms with Crippen LogP contribution in [0.2, 0.25) is 0 Å². The Morgan fingerprint density at radius 3 is 2.48 bits per heavy atom. The summed E-state index contributed by atoms with van der Waals surface area (Å²) in [6.07, 6.45) is 10.1. The van der Waals surface area contributed by atoms with Gasteiger partial charge in [-0.25, -0.2) is 4.68 Å². The van der Waals surface area contributed by atoms with Gasteiger partial charge in [0, 0.05) is 25.1 Å². The summed E-state index contributed by atoms with van der Waals surface area (Å²) in [7, 11) is 0. The van der Waals surface area contributed by atoms with E-state index in [1.807, 2.05) is 6.07 Å². The lowest BCUT2D eigenvalue weighted by Crippen LogP contribution is -2.47. The lowest BCUT2D eigenvalue weighted by atomic mass is 9.84. The summed E-state index contributed by atoms with van der Waals surface area (Å²) in [4.78, 5) is 14.5. The van der Waals surface area contributed by atoms with Crippen molar-refractivity contribution in [1.29, 1.82) is 0 Å². The van der Waals surface area contributed by atoms with Crippen LogP contribution in [0.4, 0.5) is 0 Å². The maximum Gasteiger partial charge on any atom is 0.266 e. The van der Waals surface area contributed by atoms with Gasteiger partial charge in [0.2, 0.25) is 0 Å². The van der Waals surface area contributed by atoms with Gasteiger partial charge in [0.1, 0.15) is 0 Å². The molecule has 1 N–H and O–H groups in total. The first-order valence-electron chi connectivity index (χ1n) is 10.1. The number of nitrogens with zero attached hydrogens (tertiary/aromatic N) is 3. The molecule has 5 nitrogen and oxygen atoms in total. The summed E-state index contributed by atoms with van der Waals surface area (Å²) in [6.45, 7) is 3.64. The van der Waals surface area contributed by atoms with E-state index in [4.69, 9.17) is 0 Å². The Kier molecular flexibility index (Phi) is 4.96. The molecule has 1 aromatic rings. The molecule has 2 saturated carbocycles. The number of aromatic nitrogens is 2. The van der Waals surface area contributed by atoms with Gasteiger partial charge >= 0.3 is 0 Å². The van der Waals surface area contributed by atoms with Crippen LogP contribution in [0.15, 0.2) is 16.9 Å². The van der Waals surface area contributed by atoms with E-state index >= 15 is 0 Å². The highest BCUT2D eigenvalue weighted by Crippen LogP contribution is 2.38. The normalized spacial score (nSPS) is 25.2. The first-order valence-corrected chi connectivity index (χ1v) is 10.1. The molecule has 1 aromatic heterocycles. The molecule has 0 aromatic carbocycles. The lowest BCUT2D eigenvalue weighted by Gasteiger charge is -2.40. The number of hydrogen-bond acceptors (Lipinski definition) is 4. The average molecular weight is 345 g/mol. The van der Waals surface area contributed by atoms with Gasteiger partial charge in [0.25, 0.3) is 5.56 Å². The quantitative estimate of drug-likeness (QED) is 0.891. The van der Waals surface area contributed by atoms with Gasteiger partial charge in [0.05, 0.1) is 11.3 Å². The van der Waals surface area contributed by atoms with Crippen molar-refractivity contribution in [3.8, 4) is 0 Å². The van der Waals surface area contributed by atoms with E-state index in [1.165, 1.54) is 32.1 Å². The number of piperidine rings is 1. The van der Waals surface area contributed by atoms with Crippen LogP contribution in [-0.2, 0) is 6.54 Å². The molecular weight excluding hydrogens is 314 g/mol. The molecular formula is C20H31N3O2. The zero-order valence-corrected chi connectivity index (χ0v) is 15.2. The van der Waals surface area contributed by atoms with E-state index in [-0.39, 0.29) is 5.56 Å². The van der Waals surface area contributed by atoms with Crippen molar-refractivity contribution in [2.75, 3.05) is 19.6 Å². The number of hydrogen-bond donors (Lipinski definition) is 1. The lowest BCUT2D eigenvalue weighted by molar-refractivity contribution is -0.0332. The zero-order valence-electron chi connectivity index (χ0n) is 15.2. The Morgan fingerprint density at radius 2 is 1.80 bits per heavy atom. The van der Waals surface area contributed by atoms with Crippen molar-refractivity contribution in [2.45, 2.75) is 75.9 Å². The van der Waals surface area contributed by atoms with Crippen LogP contribution in [0, 0.1) is 5.92 Å². The van der Waals surface area contributed by atoms with Crippen molar-refractivity contribution in [3.05, 3.63) is 28.2 Å². The summed E-state index contributed by atoms with van der Waals surface area (Å²) in [6, 6.07) is 3.60. The molecule has 0 unspecified atom stereocenters. The highest BCUT2D eigenvalue weighted by Gasteiger charge is 2.33. The maximum atomic E-state index is 12.1. The van der Waals surface area contributed by atoms with Crippen LogP contribution in [0.3, 0.4) is 0 Å². The number of aliphatic hydroxyl groups is 1. The Morgan fingerprint density at radius 1 is 1.08 bits per heavy atom. The van der Waals surface area contributed by atoms with Crippen molar-refractivity contribution in [1.82, 2.24) is 14.7 Å². The molecule has 0 atom stereocenters. The number of likely N-dealkylation sites (tertiary alicyclic amines) is 1. The van der Waals surface area contributed by atoms with Crippen LogP contribution in [0.5, 0.6) is 0 Å². The highest BCUT2D eigenvalue weighted by molar-refractivity contribution is 5.12. The second kappa shape index (κ2) is 7.20. The second-order valence-electron chi connectivity index (χ2n) is 8.56. The van der Waals surface area contributed by atoms with E-state index in [0.29, 0.717) is 11.8 Å². The topological polar surface area (TPSA) is 58.4 Å². The smallest absolute Gasteiger partial charge is 0.266 e. The molecule has 2 aliphatic carbocycles. The second-order valence-corrected chi connectivity index (χ2v) is 8.56. The van der Waals surface area contributed by atoms with E-state index in [9.17, 15) is 9.90 Å². The molecule has 0 radical (unpaired) electrons. The van der Waals surface area contributed by atoms with Gasteiger partial charge in [0.15, 0.2) is 0 Å². The molecule has 0 bridgehead atoms. The molecule has 0 spiro atoms. The van der Waals surface area contributed by atoms with Gasteiger partial charge in [-0.1, -0.05) is 19.3 Å². The van der Waals surface area contributed by atoms with Crippen molar-refractivity contribution in [3.63, 3.8) is 0 Å². The minimum absolute atomic E-state index is 0.0309. The molecule has 2 heterocycles. The Balaban J connectivity index is 1.30. The first kappa shape index (κ1) is 17.2. The Hall–Kier alpha value is -1.20.